The number of hydrogen-bond acceptors (Lipinski definition) is 4. The van der Waals surface area contributed by atoms with Gasteiger partial charge in [0.2, 0.25) is 0 Å². The molecule has 0 spiro atoms. The van der Waals surface area contributed by atoms with Crippen molar-refractivity contribution in [2.75, 3.05) is 78.8 Å². The van der Waals surface area contributed by atoms with Crippen LogP contribution >= 0.6 is 0 Å². The van der Waals surface area contributed by atoms with Gasteiger partial charge in [-0.15, -0.1) is 0 Å². The molecular weight excluding hydrogens is 636 g/mol. The molecular formula is C32H72Br2N2O4. The molecule has 0 heterocycles. The molecule has 0 aliphatic rings. The van der Waals surface area contributed by atoms with Crippen LogP contribution in [0.4, 0.5) is 0 Å². The Bertz CT molecular complexity index is 383. The predicted molar refractivity (Wildman–Crippen MR) is 164 cm³/mol. The number of halogens is 2. The summed E-state index contributed by atoms with van der Waals surface area (Å²) in [6.07, 6.45) is 20.3. The first-order chi connectivity index (χ1) is 18.5. The van der Waals surface area contributed by atoms with Crippen LogP contribution in [0.5, 0.6) is 0 Å². The summed E-state index contributed by atoms with van der Waals surface area (Å²) in [7, 11) is 0. The van der Waals surface area contributed by atoms with Gasteiger partial charge in [0, 0.05) is 0 Å². The molecule has 248 valence electrons. The van der Waals surface area contributed by atoms with Gasteiger partial charge in [-0.05, 0) is 51.4 Å². The number of quaternary nitrogens is 2. The van der Waals surface area contributed by atoms with Gasteiger partial charge in [-0.1, -0.05) is 79.1 Å². The van der Waals surface area contributed by atoms with Crippen LogP contribution in [0.15, 0.2) is 0 Å². The lowest BCUT2D eigenvalue weighted by molar-refractivity contribution is -0.929. The average Bonchev–Trinajstić information content (AvgIpc) is 2.91. The molecule has 0 aromatic heterocycles. The van der Waals surface area contributed by atoms with Gasteiger partial charge < -0.3 is 63.4 Å². The van der Waals surface area contributed by atoms with E-state index in [9.17, 15) is 20.4 Å². The summed E-state index contributed by atoms with van der Waals surface area (Å²) in [5, 5.41) is 37.3. The quantitative estimate of drug-likeness (QED) is 0.0678. The lowest BCUT2D eigenvalue weighted by Gasteiger charge is -2.38. The van der Waals surface area contributed by atoms with Crippen molar-refractivity contribution in [1.29, 1.82) is 0 Å². The molecule has 0 bridgehead atoms. The van der Waals surface area contributed by atoms with Gasteiger partial charge in [0.05, 0.1) is 52.6 Å². The van der Waals surface area contributed by atoms with Crippen molar-refractivity contribution in [3.63, 3.8) is 0 Å². The lowest BCUT2D eigenvalue weighted by atomic mass is 10.1. The van der Waals surface area contributed by atoms with E-state index in [0.717, 1.165) is 61.3 Å². The summed E-state index contributed by atoms with van der Waals surface area (Å²) in [5.41, 5.74) is 0. The number of unbranched alkanes of at least 4 members (excludes halogenated alkanes) is 12. The topological polar surface area (TPSA) is 80.9 Å². The molecule has 0 unspecified atom stereocenters. The highest BCUT2D eigenvalue weighted by Gasteiger charge is 2.26. The standard InChI is InChI=1S/2C16H36NO2.2BrH/c2*1-3-5-7-9-11-17(13-15-18,14-16-19)12-10-8-6-4-2;;/h2*18-19H,3-16H2,1-2H3;2*1H/q2*+1;;/p-2. The fraction of sp³-hybridized carbons (Fsp3) is 1.00. The maximum Gasteiger partial charge on any atom is 0.102 e. The van der Waals surface area contributed by atoms with E-state index in [1.807, 2.05) is 0 Å². The van der Waals surface area contributed by atoms with Crippen LogP contribution in [0.3, 0.4) is 0 Å². The van der Waals surface area contributed by atoms with Gasteiger partial charge >= 0.3 is 0 Å². The van der Waals surface area contributed by atoms with Crippen molar-refractivity contribution < 1.29 is 63.4 Å². The van der Waals surface area contributed by atoms with E-state index in [-0.39, 0.29) is 60.4 Å². The van der Waals surface area contributed by atoms with E-state index < -0.39 is 0 Å². The third-order valence-corrected chi connectivity index (χ3v) is 8.24. The van der Waals surface area contributed by atoms with Crippen molar-refractivity contribution in [2.24, 2.45) is 0 Å². The van der Waals surface area contributed by atoms with Crippen molar-refractivity contribution in [3.05, 3.63) is 0 Å². The molecule has 0 aromatic rings. The average molecular weight is 709 g/mol. The number of rotatable bonds is 28. The Morgan fingerprint density at radius 1 is 0.300 bits per heavy atom. The van der Waals surface area contributed by atoms with Crippen molar-refractivity contribution in [3.8, 4) is 0 Å². The molecule has 0 fully saturated rings. The van der Waals surface area contributed by atoms with Gasteiger partial charge in [0.15, 0.2) is 0 Å². The minimum Gasteiger partial charge on any atom is -1.00 e. The third-order valence-electron chi connectivity index (χ3n) is 8.24. The zero-order chi connectivity index (χ0) is 28.8. The second kappa shape index (κ2) is 35.9. The maximum atomic E-state index is 9.34. The van der Waals surface area contributed by atoms with Crippen LogP contribution in [-0.2, 0) is 0 Å². The lowest BCUT2D eigenvalue weighted by Crippen LogP contribution is -3.00. The second-order valence-corrected chi connectivity index (χ2v) is 11.6. The van der Waals surface area contributed by atoms with E-state index in [4.69, 9.17) is 0 Å². The van der Waals surface area contributed by atoms with Crippen molar-refractivity contribution >= 4 is 0 Å². The van der Waals surface area contributed by atoms with Crippen LogP contribution in [0.1, 0.15) is 130 Å². The first-order valence-electron chi connectivity index (χ1n) is 16.6. The Morgan fingerprint density at radius 2 is 0.500 bits per heavy atom. The third kappa shape index (κ3) is 27.5. The number of aliphatic hydroxyl groups excluding tert-OH is 4. The highest BCUT2D eigenvalue weighted by atomic mass is 79.9. The fourth-order valence-corrected chi connectivity index (χ4v) is 5.69. The number of nitrogens with zero attached hydrogens (tertiary/aromatic N) is 2. The molecule has 0 atom stereocenters. The normalized spacial score (nSPS) is 11.4. The molecule has 0 aliphatic heterocycles. The summed E-state index contributed by atoms with van der Waals surface area (Å²) in [5.74, 6) is 0. The first-order valence-corrected chi connectivity index (χ1v) is 16.6. The van der Waals surface area contributed by atoms with Crippen molar-refractivity contribution in [1.82, 2.24) is 0 Å². The summed E-state index contributed by atoms with van der Waals surface area (Å²) in [6.45, 7) is 17.6. The van der Waals surface area contributed by atoms with Gasteiger partial charge in [-0.3, -0.25) is 0 Å². The molecule has 0 rings (SSSR count). The van der Waals surface area contributed by atoms with Gasteiger partial charge in [-0.2, -0.15) is 0 Å². The molecule has 6 nitrogen and oxygen atoms in total. The smallest absolute Gasteiger partial charge is 0.102 e. The summed E-state index contributed by atoms with van der Waals surface area (Å²) in [4.78, 5) is 0. The van der Waals surface area contributed by atoms with E-state index >= 15 is 0 Å². The summed E-state index contributed by atoms with van der Waals surface area (Å²) < 4.78 is 1.83. The van der Waals surface area contributed by atoms with Crippen LogP contribution in [0.2, 0.25) is 0 Å². The zero-order valence-corrected chi connectivity index (χ0v) is 30.4. The Labute approximate surface area is 271 Å². The fourth-order valence-electron chi connectivity index (χ4n) is 5.69. The Balaban J connectivity index is -0.000000309. The van der Waals surface area contributed by atoms with Crippen LogP contribution < -0.4 is 34.0 Å². The van der Waals surface area contributed by atoms with E-state index in [2.05, 4.69) is 27.7 Å². The van der Waals surface area contributed by atoms with Gasteiger partial charge in [0.1, 0.15) is 26.2 Å². The molecule has 8 heteroatoms. The van der Waals surface area contributed by atoms with Crippen LogP contribution in [0, 0.1) is 0 Å². The minimum atomic E-state index is 0. The van der Waals surface area contributed by atoms with Crippen molar-refractivity contribution in [2.45, 2.75) is 130 Å². The molecule has 0 saturated heterocycles. The van der Waals surface area contributed by atoms with E-state index in [0.29, 0.717) is 0 Å². The number of hydrogen-bond donors (Lipinski definition) is 4. The molecule has 0 amide bonds. The van der Waals surface area contributed by atoms with Gasteiger partial charge in [0.25, 0.3) is 0 Å². The molecule has 0 radical (unpaired) electrons. The predicted octanol–water partition coefficient (Wildman–Crippen LogP) is -0.0952. The Morgan fingerprint density at radius 3 is 0.650 bits per heavy atom. The largest absolute Gasteiger partial charge is 1.00 e. The summed E-state index contributed by atoms with van der Waals surface area (Å²) in [6, 6.07) is 0. The van der Waals surface area contributed by atoms with E-state index in [1.54, 1.807) is 0 Å². The molecule has 0 saturated carbocycles. The maximum absolute atomic E-state index is 9.34. The Kier molecular flexibility index (Phi) is 42.8. The first kappa shape index (κ1) is 47.6. The van der Waals surface area contributed by atoms with E-state index in [1.165, 1.54) is 103 Å². The Hall–Kier alpha value is 0.720. The summed E-state index contributed by atoms with van der Waals surface area (Å²) >= 11 is 0. The monoisotopic (exact) mass is 706 g/mol. The molecule has 0 aliphatic carbocycles. The van der Waals surface area contributed by atoms with Gasteiger partial charge in [-0.25, -0.2) is 0 Å². The van der Waals surface area contributed by atoms with Crippen LogP contribution in [0.25, 0.3) is 0 Å². The highest BCUT2D eigenvalue weighted by Crippen LogP contribution is 2.15. The molecule has 40 heavy (non-hydrogen) atoms. The molecule has 0 aromatic carbocycles. The zero-order valence-electron chi connectivity index (χ0n) is 27.2. The highest BCUT2D eigenvalue weighted by molar-refractivity contribution is 4.51. The molecule has 4 N–H and O–H groups in total. The van der Waals surface area contributed by atoms with Crippen LogP contribution in [-0.4, -0.2) is 108 Å². The minimum absolute atomic E-state index is 0. The number of aliphatic hydroxyl groups is 4. The second-order valence-electron chi connectivity index (χ2n) is 11.6. The SMILES string of the molecule is CCCCCC[N+](CCO)(CCO)CCCCCC.CCCCCC[N+](CCO)(CCO)CCCCCC.[Br-].[Br-].